The molecule has 0 saturated carbocycles. The molecular formula is C12H11ClF4. The van der Waals surface area contributed by atoms with Crippen molar-refractivity contribution < 1.29 is 17.6 Å². The van der Waals surface area contributed by atoms with Crippen LogP contribution in [0.3, 0.4) is 0 Å². The first kappa shape index (κ1) is 14.0. The van der Waals surface area contributed by atoms with Gasteiger partial charge in [0, 0.05) is 5.54 Å². The van der Waals surface area contributed by atoms with Gasteiger partial charge in [-0.3, -0.25) is 0 Å². The molecule has 0 unspecified atom stereocenters. The van der Waals surface area contributed by atoms with Crippen LogP contribution in [0.2, 0.25) is 0 Å². The number of alkyl halides is 3. The Labute approximate surface area is 102 Å². The molecule has 1 aromatic carbocycles. The Hall–Kier alpha value is -1.03. The third-order valence-electron chi connectivity index (χ3n) is 2.28. The summed E-state index contributed by atoms with van der Waals surface area (Å²) >= 11 is 5.44. The molecule has 0 aromatic heterocycles. The third kappa shape index (κ3) is 4.38. The van der Waals surface area contributed by atoms with Gasteiger partial charge in [0.05, 0.1) is 5.56 Å². The zero-order valence-corrected chi connectivity index (χ0v) is 9.87. The molecule has 0 heterocycles. The van der Waals surface area contributed by atoms with E-state index in [0.717, 1.165) is 17.7 Å². The van der Waals surface area contributed by atoms with Crippen molar-refractivity contribution >= 4 is 11.6 Å². The topological polar surface area (TPSA) is 0 Å². The zero-order chi connectivity index (χ0) is 13.1. The molecule has 0 aliphatic heterocycles. The van der Waals surface area contributed by atoms with Crippen LogP contribution < -0.4 is 0 Å². The van der Waals surface area contributed by atoms with Crippen molar-refractivity contribution in [3.8, 4) is 0 Å². The van der Waals surface area contributed by atoms with E-state index in [0.29, 0.717) is 24.5 Å². The maximum atomic E-state index is 13.0. The lowest BCUT2D eigenvalue weighted by atomic mass is 10.0. The second-order valence-electron chi connectivity index (χ2n) is 3.80. The van der Waals surface area contributed by atoms with E-state index >= 15 is 0 Å². The fraction of sp³-hybridized carbons (Fsp3) is 0.333. The first-order valence-electron chi connectivity index (χ1n) is 4.95. The van der Waals surface area contributed by atoms with E-state index in [1.54, 1.807) is 6.92 Å². The minimum atomic E-state index is -4.52. The van der Waals surface area contributed by atoms with Crippen LogP contribution in [0, 0.1) is 5.82 Å². The second-order valence-corrected chi connectivity index (χ2v) is 4.02. The summed E-state index contributed by atoms with van der Waals surface area (Å²) in [7, 11) is 0. The summed E-state index contributed by atoms with van der Waals surface area (Å²) in [5.41, 5.74) is 1.56. The number of aryl methyl sites for hydroxylation is 1. The van der Waals surface area contributed by atoms with Gasteiger partial charge in [0.2, 0.25) is 0 Å². The van der Waals surface area contributed by atoms with Gasteiger partial charge in [-0.25, -0.2) is 4.39 Å². The molecule has 0 amide bonds. The lowest BCUT2D eigenvalue weighted by molar-refractivity contribution is -0.137. The Bertz CT molecular complexity index is 421. The molecule has 0 nitrogen and oxygen atoms in total. The SMILES string of the molecule is C/C(=C/Cl)CCc1cc(F)cc(C(F)(F)F)c1. The summed E-state index contributed by atoms with van der Waals surface area (Å²) < 4.78 is 50.3. The summed E-state index contributed by atoms with van der Waals surface area (Å²) in [5, 5.41) is 0. The molecule has 94 valence electrons. The maximum absolute atomic E-state index is 13.0. The van der Waals surface area contributed by atoms with E-state index in [4.69, 9.17) is 11.6 Å². The molecule has 0 radical (unpaired) electrons. The highest BCUT2D eigenvalue weighted by Gasteiger charge is 2.31. The number of benzene rings is 1. The van der Waals surface area contributed by atoms with Crippen LogP contribution in [-0.2, 0) is 12.6 Å². The Morgan fingerprint density at radius 3 is 2.47 bits per heavy atom. The average Bonchev–Trinajstić information content (AvgIpc) is 2.24. The predicted molar refractivity (Wildman–Crippen MR) is 59.3 cm³/mol. The molecule has 5 heteroatoms. The van der Waals surface area contributed by atoms with E-state index in [2.05, 4.69) is 0 Å². The van der Waals surface area contributed by atoms with Crippen molar-refractivity contribution in [2.24, 2.45) is 0 Å². The monoisotopic (exact) mass is 266 g/mol. The van der Waals surface area contributed by atoms with E-state index < -0.39 is 17.6 Å². The van der Waals surface area contributed by atoms with Crippen LogP contribution >= 0.6 is 11.6 Å². The molecule has 0 aliphatic carbocycles. The minimum absolute atomic E-state index is 0.315. The van der Waals surface area contributed by atoms with Crippen molar-refractivity contribution in [2.45, 2.75) is 25.9 Å². The molecule has 0 bridgehead atoms. The van der Waals surface area contributed by atoms with Crippen LogP contribution in [-0.4, -0.2) is 0 Å². The second kappa shape index (κ2) is 5.54. The van der Waals surface area contributed by atoms with Gasteiger partial charge in [0.1, 0.15) is 5.82 Å². The Balaban J connectivity index is 2.91. The summed E-state index contributed by atoms with van der Waals surface area (Å²) in [6, 6.07) is 2.56. The molecule has 0 atom stereocenters. The van der Waals surface area contributed by atoms with Crippen molar-refractivity contribution in [1.29, 1.82) is 0 Å². The number of rotatable bonds is 3. The standard InChI is InChI=1S/C12H11ClF4/c1-8(7-13)2-3-9-4-10(12(15,16)17)6-11(14)5-9/h4-7H,2-3H2,1H3/b8-7-. The molecule has 1 aromatic rings. The number of hydrogen-bond donors (Lipinski definition) is 0. The van der Waals surface area contributed by atoms with E-state index in [1.165, 1.54) is 5.54 Å². The van der Waals surface area contributed by atoms with Crippen LogP contribution in [0.15, 0.2) is 29.3 Å². The first-order chi connectivity index (χ1) is 7.82. The van der Waals surface area contributed by atoms with Gasteiger partial charge in [-0.2, -0.15) is 13.2 Å². The fourth-order valence-electron chi connectivity index (χ4n) is 1.35. The number of allylic oxidation sites excluding steroid dienone is 1. The Morgan fingerprint density at radius 2 is 1.94 bits per heavy atom. The third-order valence-corrected chi connectivity index (χ3v) is 2.65. The molecular weight excluding hydrogens is 256 g/mol. The van der Waals surface area contributed by atoms with Crippen LogP contribution in [0.25, 0.3) is 0 Å². The van der Waals surface area contributed by atoms with Crippen molar-refractivity contribution in [3.05, 3.63) is 46.3 Å². The van der Waals surface area contributed by atoms with Gasteiger partial charge in [0.15, 0.2) is 0 Å². The molecule has 1 rings (SSSR count). The average molecular weight is 267 g/mol. The smallest absolute Gasteiger partial charge is 0.207 e. The lowest BCUT2D eigenvalue weighted by Gasteiger charge is -2.09. The lowest BCUT2D eigenvalue weighted by Crippen LogP contribution is -2.06. The molecule has 0 spiro atoms. The summed E-state index contributed by atoms with van der Waals surface area (Å²) in [6.07, 6.45) is -3.69. The predicted octanol–water partition coefficient (Wildman–Crippen LogP) is 4.92. The van der Waals surface area contributed by atoms with E-state index in [-0.39, 0.29) is 0 Å². The molecule has 0 N–H and O–H groups in total. The highest BCUT2D eigenvalue weighted by atomic mass is 35.5. The highest BCUT2D eigenvalue weighted by molar-refractivity contribution is 6.25. The van der Waals surface area contributed by atoms with Crippen molar-refractivity contribution in [2.75, 3.05) is 0 Å². The fourth-order valence-corrected chi connectivity index (χ4v) is 1.46. The zero-order valence-electron chi connectivity index (χ0n) is 9.11. The van der Waals surface area contributed by atoms with Gasteiger partial charge in [-0.05, 0) is 43.5 Å². The van der Waals surface area contributed by atoms with Crippen molar-refractivity contribution in [1.82, 2.24) is 0 Å². The Kier molecular flexibility index (Phi) is 4.57. The first-order valence-corrected chi connectivity index (χ1v) is 5.39. The van der Waals surface area contributed by atoms with Crippen LogP contribution in [0.1, 0.15) is 24.5 Å². The largest absolute Gasteiger partial charge is 0.416 e. The number of halogens is 5. The number of hydrogen-bond acceptors (Lipinski definition) is 0. The quantitative estimate of drug-likeness (QED) is 0.681. The Morgan fingerprint density at radius 1 is 1.29 bits per heavy atom. The maximum Gasteiger partial charge on any atom is 0.416 e. The summed E-state index contributed by atoms with van der Waals surface area (Å²) in [6.45, 7) is 1.76. The van der Waals surface area contributed by atoms with Crippen LogP contribution in [0.4, 0.5) is 17.6 Å². The van der Waals surface area contributed by atoms with E-state index in [1.807, 2.05) is 0 Å². The summed E-state index contributed by atoms with van der Waals surface area (Å²) in [5.74, 6) is -0.873. The van der Waals surface area contributed by atoms with Crippen LogP contribution in [0.5, 0.6) is 0 Å². The van der Waals surface area contributed by atoms with E-state index in [9.17, 15) is 17.6 Å². The molecule has 0 fully saturated rings. The molecule has 0 saturated heterocycles. The van der Waals surface area contributed by atoms with Gasteiger partial charge >= 0.3 is 6.18 Å². The summed E-state index contributed by atoms with van der Waals surface area (Å²) in [4.78, 5) is 0. The minimum Gasteiger partial charge on any atom is -0.207 e. The highest BCUT2D eigenvalue weighted by Crippen LogP contribution is 2.30. The van der Waals surface area contributed by atoms with Gasteiger partial charge in [-0.15, -0.1) is 0 Å². The van der Waals surface area contributed by atoms with Gasteiger partial charge < -0.3 is 0 Å². The van der Waals surface area contributed by atoms with Gasteiger partial charge in [-0.1, -0.05) is 17.2 Å². The normalized spacial score (nSPS) is 12.9. The molecule has 0 aliphatic rings. The van der Waals surface area contributed by atoms with Gasteiger partial charge in [0.25, 0.3) is 0 Å². The molecule has 17 heavy (non-hydrogen) atoms. The van der Waals surface area contributed by atoms with Crippen molar-refractivity contribution in [3.63, 3.8) is 0 Å².